The van der Waals surface area contributed by atoms with Crippen LogP contribution in [0.15, 0.2) is 16.5 Å². The summed E-state index contributed by atoms with van der Waals surface area (Å²) in [6.45, 7) is 4.61. The van der Waals surface area contributed by atoms with Crippen LogP contribution in [-0.4, -0.2) is 51.0 Å². The number of methoxy groups -OCH3 is 1. The van der Waals surface area contributed by atoms with Crippen molar-refractivity contribution in [3.8, 4) is 5.75 Å². The van der Waals surface area contributed by atoms with Gasteiger partial charge in [-0.25, -0.2) is 4.79 Å². The SMILES string of the molecule is COC(=O)c1oc2c(C(C)=O)c(OCCCN(C)C)ccc2c1C.Cl. The standard InChI is InChI=1S/C18H23NO5.ClH/c1-11-13-7-8-14(23-10-6-9-19(3)4)15(12(2)20)17(13)24-16(11)18(21)22-5;/h7-8H,6,9-10H2,1-5H3;1H. The molecular formula is C18H24ClNO5. The summed E-state index contributed by atoms with van der Waals surface area (Å²) >= 11 is 0. The summed E-state index contributed by atoms with van der Waals surface area (Å²) < 4.78 is 16.1. The Hall–Kier alpha value is -2.05. The number of benzene rings is 1. The van der Waals surface area contributed by atoms with E-state index in [4.69, 9.17) is 13.9 Å². The molecule has 1 heterocycles. The molecule has 0 atom stereocenters. The van der Waals surface area contributed by atoms with Gasteiger partial charge < -0.3 is 18.8 Å². The van der Waals surface area contributed by atoms with E-state index >= 15 is 0 Å². The zero-order valence-electron chi connectivity index (χ0n) is 15.2. The van der Waals surface area contributed by atoms with Gasteiger partial charge in [0.25, 0.3) is 0 Å². The molecule has 6 nitrogen and oxygen atoms in total. The Morgan fingerprint density at radius 1 is 1.24 bits per heavy atom. The molecule has 2 rings (SSSR count). The summed E-state index contributed by atoms with van der Waals surface area (Å²) in [6, 6.07) is 3.55. The van der Waals surface area contributed by atoms with Crippen molar-refractivity contribution < 1.29 is 23.5 Å². The molecule has 0 aliphatic carbocycles. The van der Waals surface area contributed by atoms with Gasteiger partial charge in [0.05, 0.1) is 13.7 Å². The molecule has 0 saturated carbocycles. The molecule has 0 fully saturated rings. The number of ketones is 1. The number of halogens is 1. The van der Waals surface area contributed by atoms with Gasteiger partial charge in [0.15, 0.2) is 5.78 Å². The molecule has 0 N–H and O–H groups in total. The first-order valence-corrected chi connectivity index (χ1v) is 7.79. The van der Waals surface area contributed by atoms with Crippen molar-refractivity contribution in [2.24, 2.45) is 0 Å². The van der Waals surface area contributed by atoms with Crippen molar-refractivity contribution in [3.05, 3.63) is 29.0 Å². The zero-order valence-corrected chi connectivity index (χ0v) is 16.0. The van der Waals surface area contributed by atoms with Crippen molar-refractivity contribution in [1.82, 2.24) is 4.90 Å². The summed E-state index contributed by atoms with van der Waals surface area (Å²) in [5.41, 5.74) is 1.37. The van der Waals surface area contributed by atoms with E-state index in [0.29, 0.717) is 34.5 Å². The molecule has 0 aliphatic rings. The maximum Gasteiger partial charge on any atom is 0.374 e. The Morgan fingerprint density at radius 2 is 1.92 bits per heavy atom. The fourth-order valence-corrected chi connectivity index (χ4v) is 2.57. The van der Waals surface area contributed by atoms with E-state index in [1.54, 1.807) is 19.1 Å². The van der Waals surface area contributed by atoms with E-state index in [-0.39, 0.29) is 24.0 Å². The van der Waals surface area contributed by atoms with Gasteiger partial charge in [-0.3, -0.25) is 4.79 Å². The maximum atomic E-state index is 12.1. The second kappa shape index (κ2) is 8.87. The summed E-state index contributed by atoms with van der Waals surface area (Å²) in [7, 11) is 5.28. The lowest BCUT2D eigenvalue weighted by Gasteiger charge is -2.12. The van der Waals surface area contributed by atoms with Crippen LogP contribution in [0.3, 0.4) is 0 Å². The molecule has 0 bridgehead atoms. The largest absolute Gasteiger partial charge is 0.493 e. The number of aryl methyl sites for hydroxylation is 1. The van der Waals surface area contributed by atoms with Gasteiger partial charge >= 0.3 is 5.97 Å². The van der Waals surface area contributed by atoms with Gasteiger partial charge in [-0.05, 0) is 46.5 Å². The van der Waals surface area contributed by atoms with E-state index in [1.807, 2.05) is 14.1 Å². The molecule has 1 aromatic carbocycles. The average molecular weight is 370 g/mol. The number of rotatable bonds is 7. The number of esters is 1. The predicted molar refractivity (Wildman–Crippen MR) is 98.2 cm³/mol. The highest BCUT2D eigenvalue weighted by molar-refractivity contribution is 6.09. The second-order valence-corrected chi connectivity index (χ2v) is 5.92. The van der Waals surface area contributed by atoms with Crippen LogP contribution < -0.4 is 4.74 Å². The van der Waals surface area contributed by atoms with Crippen molar-refractivity contribution in [2.45, 2.75) is 20.3 Å². The highest BCUT2D eigenvalue weighted by atomic mass is 35.5. The molecule has 0 unspecified atom stereocenters. The molecule has 0 saturated heterocycles. The first kappa shape index (κ1) is 21.0. The minimum Gasteiger partial charge on any atom is -0.493 e. The van der Waals surface area contributed by atoms with Gasteiger partial charge in [-0.1, -0.05) is 0 Å². The summed E-state index contributed by atoms with van der Waals surface area (Å²) in [6.07, 6.45) is 0.840. The Labute approximate surface area is 153 Å². The Balaban J connectivity index is 0.00000312. The fraction of sp³-hybridized carbons (Fsp3) is 0.444. The van der Waals surface area contributed by atoms with Gasteiger partial charge in [0, 0.05) is 17.5 Å². The van der Waals surface area contributed by atoms with E-state index in [1.165, 1.54) is 14.0 Å². The van der Waals surface area contributed by atoms with Gasteiger partial charge in [0.2, 0.25) is 5.76 Å². The Kier molecular flexibility index (Phi) is 7.45. The topological polar surface area (TPSA) is 69.0 Å². The van der Waals surface area contributed by atoms with Crippen LogP contribution in [0.1, 0.15) is 39.8 Å². The zero-order chi connectivity index (χ0) is 17.9. The van der Waals surface area contributed by atoms with Crippen LogP contribution in [0.2, 0.25) is 0 Å². The van der Waals surface area contributed by atoms with Crippen LogP contribution in [0, 0.1) is 6.92 Å². The molecule has 0 aliphatic heterocycles. The van der Waals surface area contributed by atoms with Crippen LogP contribution >= 0.6 is 12.4 Å². The lowest BCUT2D eigenvalue weighted by molar-refractivity contribution is 0.0566. The summed E-state index contributed by atoms with van der Waals surface area (Å²) in [5.74, 6) is -0.154. The number of hydrogen-bond acceptors (Lipinski definition) is 6. The van der Waals surface area contributed by atoms with Crippen LogP contribution in [-0.2, 0) is 4.74 Å². The smallest absolute Gasteiger partial charge is 0.374 e. The summed E-state index contributed by atoms with van der Waals surface area (Å²) in [4.78, 5) is 26.0. The van der Waals surface area contributed by atoms with Crippen LogP contribution in [0.5, 0.6) is 5.75 Å². The minimum absolute atomic E-state index is 0. The van der Waals surface area contributed by atoms with Crippen molar-refractivity contribution >= 4 is 35.1 Å². The Morgan fingerprint density at radius 3 is 2.48 bits per heavy atom. The molecular weight excluding hydrogens is 346 g/mol. The van der Waals surface area contributed by atoms with Gasteiger partial charge in [-0.15, -0.1) is 12.4 Å². The number of carbonyl (C=O) groups is 2. The normalized spacial score (nSPS) is 10.6. The van der Waals surface area contributed by atoms with Crippen molar-refractivity contribution in [3.63, 3.8) is 0 Å². The molecule has 1 aromatic heterocycles. The van der Waals surface area contributed by atoms with Gasteiger partial charge in [-0.2, -0.15) is 0 Å². The molecule has 0 radical (unpaired) electrons. The second-order valence-electron chi connectivity index (χ2n) is 5.92. The first-order chi connectivity index (χ1) is 11.4. The highest BCUT2D eigenvalue weighted by Gasteiger charge is 2.23. The van der Waals surface area contributed by atoms with Gasteiger partial charge in [0.1, 0.15) is 16.9 Å². The predicted octanol–water partition coefficient (Wildman–Crippen LogP) is 3.48. The first-order valence-electron chi connectivity index (χ1n) is 7.79. The molecule has 2 aromatic rings. The lowest BCUT2D eigenvalue weighted by Crippen LogP contribution is -2.16. The average Bonchev–Trinajstić information content (AvgIpc) is 2.87. The molecule has 7 heteroatoms. The minimum atomic E-state index is -0.563. The number of carbonyl (C=O) groups excluding carboxylic acids is 2. The third-order valence-electron chi connectivity index (χ3n) is 3.80. The number of nitrogens with zero attached hydrogens (tertiary/aromatic N) is 1. The Bertz CT molecular complexity index is 766. The number of ether oxygens (including phenoxy) is 2. The maximum absolute atomic E-state index is 12.1. The van der Waals surface area contributed by atoms with Crippen molar-refractivity contribution in [2.75, 3.05) is 34.4 Å². The lowest BCUT2D eigenvalue weighted by atomic mass is 10.0. The van der Waals surface area contributed by atoms with Crippen molar-refractivity contribution in [1.29, 1.82) is 0 Å². The number of furan rings is 1. The van der Waals surface area contributed by atoms with E-state index < -0.39 is 5.97 Å². The van der Waals surface area contributed by atoms with E-state index in [9.17, 15) is 9.59 Å². The van der Waals surface area contributed by atoms with E-state index in [0.717, 1.165) is 13.0 Å². The van der Waals surface area contributed by atoms with E-state index in [2.05, 4.69) is 4.90 Å². The number of fused-ring (bicyclic) bond motifs is 1. The monoisotopic (exact) mass is 369 g/mol. The number of hydrogen-bond donors (Lipinski definition) is 0. The third-order valence-corrected chi connectivity index (χ3v) is 3.80. The molecule has 138 valence electrons. The summed E-state index contributed by atoms with van der Waals surface area (Å²) in [5, 5.41) is 0.709. The van der Waals surface area contributed by atoms with Crippen LogP contribution in [0.4, 0.5) is 0 Å². The molecule has 0 amide bonds. The third kappa shape index (κ3) is 4.52. The molecule has 0 spiro atoms. The fourth-order valence-electron chi connectivity index (χ4n) is 2.57. The van der Waals surface area contributed by atoms with Crippen LogP contribution in [0.25, 0.3) is 11.0 Å². The number of Topliss-reactive ketones (excluding diaryl/α,β-unsaturated/α-hetero) is 1. The quantitative estimate of drug-likeness (QED) is 0.423. The highest BCUT2D eigenvalue weighted by Crippen LogP contribution is 2.34. The molecule has 25 heavy (non-hydrogen) atoms.